The molecule has 6 heteroatoms. The van der Waals surface area contributed by atoms with E-state index in [4.69, 9.17) is 16.3 Å². The Balaban J connectivity index is 1.67. The lowest BCUT2D eigenvalue weighted by molar-refractivity contribution is -0.129. The first-order valence-corrected chi connectivity index (χ1v) is 8.96. The number of halogens is 1. The topological polar surface area (TPSA) is 41.9 Å². The molecule has 3 rings (SSSR count). The van der Waals surface area contributed by atoms with Gasteiger partial charge >= 0.3 is 0 Å². The van der Waals surface area contributed by atoms with Crippen LogP contribution >= 0.6 is 23.4 Å². The van der Waals surface area contributed by atoms with Gasteiger partial charge in [-0.05, 0) is 42.8 Å². The third kappa shape index (κ3) is 4.10. The number of ether oxygens (including phenoxy) is 1. The summed E-state index contributed by atoms with van der Waals surface area (Å²) >= 11 is 7.43. The number of amides is 1. The average Bonchev–Trinajstić information content (AvgIpc) is 3.04. The summed E-state index contributed by atoms with van der Waals surface area (Å²) < 4.78 is 5.54. The van der Waals surface area contributed by atoms with Crippen LogP contribution in [0, 0.1) is 6.92 Å². The second-order valence-corrected chi connectivity index (χ2v) is 6.82. The Kier molecular flexibility index (Phi) is 5.43. The van der Waals surface area contributed by atoms with E-state index >= 15 is 0 Å². The van der Waals surface area contributed by atoms with Crippen LogP contribution in [0.5, 0.6) is 5.75 Å². The number of amidine groups is 1. The van der Waals surface area contributed by atoms with Crippen molar-refractivity contribution >= 4 is 40.1 Å². The highest BCUT2D eigenvalue weighted by atomic mass is 35.5. The quantitative estimate of drug-likeness (QED) is 0.816. The Hall–Kier alpha value is -1.98. The van der Waals surface area contributed by atoms with Gasteiger partial charge in [-0.15, -0.1) is 0 Å². The number of hydrogen-bond donors (Lipinski definition) is 0. The van der Waals surface area contributed by atoms with E-state index in [1.807, 2.05) is 31.2 Å². The molecule has 2 aromatic rings. The van der Waals surface area contributed by atoms with Crippen molar-refractivity contribution in [2.45, 2.75) is 6.92 Å². The van der Waals surface area contributed by atoms with Crippen LogP contribution in [0.2, 0.25) is 5.02 Å². The molecule has 1 heterocycles. The fraction of sp³-hybridized carbons (Fsp3) is 0.222. The maximum absolute atomic E-state index is 12.5. The van der Waals surface area contributed by atoms with Gasteiger partial charge in [0.05, 0.1) is 5.69 Å². The van der Waals surface area contributed by atoms with Crippen LogP contribution in [-0.2, 0) is 4.79 Å². The summed E-state index contributed by atoms with van der Waals surface area (Å²) in [5.74, 6) is 1.37. The van der Waals surface area contributed by atoms with E-state index < -0.39 is 0 Å². The molecule has 0 aliphatic carbocycles. The second kappa shape index (κ2) is 7.73. The summed E-state index contributed by atoms with van der Waals surface area (Å²) in [5, 5.41) is 1.37. The van der Waals surface area contributed by atoms with Crippen LogP contribution in [0.4, 0.5) is 5.69 Å². The molecule has 124 valence electrons. The highest BCUT2D eigenvalue weighted by molar-refractivity contribution is 8.14. The van der Waals surface area contributed by atoms with Gasteiger partial charge in [-0.3, -0.25) is 9.69 Å². The minimum Gasteiger partial charge on any atom is -0.484 e. The highest BCUT2D eigenvalue weighted by Gasteiger charge is 2.26. The summed E-state index contributed by atoms with van der Waals surface area (Å²) in [4.78, 5) is 18.8. The van der Waals surface area contributed by atoms with Crippen LogP contribution in [0.1, 0.15) is 5.56 Å². The zero-order valence-electron chi connectivity index (χ0n) is 13.2. The number of carbonyl (C=O) groups excluding carboxylic acids is 1. The number of rotatable bonds is 4. The third-order valence-corrected chi connectivity index (χ3v) is 4.79. The predicted molar refractivity (Wildman–Crippen MR) is 99.4 cm³/mol. The van der Waals surface area contributed by atoms with E-state index in [0.717, 1.165) is 22.2 Å². The zero-order valence-corrected chi connectivity index (χ0v) is 14.8. The van der Waals surface area contributed by atoms with Crippen LogP contribution in [0.25, 0.3) is 0 Å². The predicted octanol–water partition coefficient (Wildman–Crippen LogP) is 4.29. The molecule has 1 aliphatic rings. The molecule has 0 radical (unpaired) electrons. The van der Waals surface area contributed by atoms with E-state index in [1.165, 1.54) is 0 Å². The molecule has 0 aromatic heterocycles. The summed E-state index contributed by atoms with van der Waals surface area (Å²) in [6.45, 7) is 2.64. The van der Waals surface area contributed by atoms with Crippen LogP contribution < -0.4 is 4.74 Å². The summed E-state index contributed by atoms with van der Waals surface area (Å²) in [7, 11) is 0. The van der Waals surface area contributed by atoms with Crippen LogP contribution in [0.15, 0.2) is 53.5 Å². The molecule has 24 heavy (non-hydrogen) atoms. The van der Waals surface area contributed by atoms with Crippen molar-refractivity contribution in [1.82, 2.24) is 4.90 Å². The number of thioether (sulfide) groups is 1. The Morgan fingerprint density at radius 1 is 1.25 bits per heavy atom. The summed E-state index contributed by atoms with van der Waals surface area (Å²) in [6, 6.07) is 14.8. The minimum absolute atomic E-state index is 0.0189. The van der Waals surface area contributed by atoms with Gasteiger partial charge in [0, 0.05) is 17.3 Å². The second-order valence-electron chi connectivity index (χ2n) is 5.32. The maximum atomic E-state index is 12.5. The third-order valence-electron chi connectivity index (χ3n) is 3.59. The van der Waals surface area contributed by atoms with Crippen molar-refractivity contribution in [3.63, 3.8) is 0 Å². The number of aliphatic imine (C=N–C) groups is 1. The molecule has 0 spiro atoms. The normalized spacial score (nSPS) is 15.8. The smallest absolute Gasteiger partial charge is 0.266 e. The number of hydrogen-bond acceptors (Lipinski definition) is 4. The first kappa shape index (κ1) is 16.9. The van der Waals surface area contributed by atoms with Gasteiger partial charge in [-0.1, -0.05) is 41.6 Å². The van der Waals surface area contributed by atoms with Gasteiger partial charge in [0.1, 0.15) is 5.75 Å². The molecule has 2 aromatic carbocycles. The van der Waals surface area contributed by atoms with Crippen LogP contribution in [-0.4, -0.2) is 34.9 Å². The fourth-order valence-corrected chi connectivity index (χ4v) is 3.37. The van der Waals surface area contributed by atoms with Crippen molar-refractivity contribution in [2.75, 3.05) is 18.9 Å². The molecule has 1 saturated heterocycles. The first-order chi connectivity index (χ1) is 11.6. The molecule has 0 bridgehead atoms. The van der Waals surface area contributed by atoms with Crippen molar-refractivity contribution in [2.24, 2.45) is 4.99 Å². The van der Waals surface area contributed by atoms with Gasteiger partial charge in [0.15, 0.2) is 11.8 Å². The summed E-state index contributed by atoms with van der Waals surface area (Å²) in [6.07, 6.45) is 0. The van der Waals surface area contributed by atoms with E-state index in [0.29, 0.717) is 17.3 Å². The number of aryl methyl sites for hydroxylation is 1. The maximum Gasteiger partial charge on any atom is 0.266 e. The Bertz CT molecular complexity index is 762. The minimum atomic E-state index is -0.0951. The molecular weight excluding hydrogens is 344 g/mol. The van der Waals surface area contributed by atoms with Crippen LogP contribution in [0.3, 0.4) is 0 Å². The van der Waals surface area contributed by atoms with Crippen molar-refractivity contribution in [1.29, 1.82) is 0 Å². The highest BCUT2D eigenvalue weighted by Crippen LogP contribution is 2.25. The van der Waals surface area contributed by atoms with Gasteiger partial charge in [-0.2, -0.15) is 0 Å². The van der Waals surface area contributed by atoms with Crippen molar-refractivity contribution in [3.8, 4) is 5.75 Å². The molecule has 0 N–H and O–H groups in total. The first-order valence-electron chi connectivity index (χ1n) is 7.59. The lowest BCUT2D eigenvalue weighted by atomic mass is 10.2. The lowest BCUT2D eigenvalue weighted by Gasteiger charge is -2.16. The zero-order chi connectivity index (χ0) is 16.9. The molecule has 4 nitrogen and oxygen atoms in total. The number of benzene rings is 2. The largest absolute Gasteiger partial charge is 0.484 e. The number of nitrogens with zero attached hydrogens (tertiary/aromatic N) is 2. The average molecular weight is 361 g/mol. The monoisotopic (exact) mass is 360 g/mol. The molecule has 1 fully saturated rings. The van der Waals surface area contributed by atoms with E-state index in [1.54, 1.807) is 40.9 Å². The molecule has 0 unspecified atom stereocenters. The molecule has 0 atom stereocenters. The Morgan fingerprint density at radius 3 is 2.75 bits per heavy atom. The SMILES string of the molecule is Cc1ccccc1N=C1SCCN1C(=O)COc1ccc(Cl)cc1. The van der Waals surface area contributed by atoms with Crippen molar-refractivity contribution < 1.29 is 9.53 Å². The van der Waals surface area contributed by atoms with Crippen molar-refractivity contribution in [3.05, 3.63) is 59.1 Å². The Labute approximate surface area is 150 Å². The lowest BCUT2D eigenvalue weighted by Crippen LogP contribution is -2.35. The van der Waals surface area contributed by atoms with Gasteiger partial charge < -0.3 is 4.74 Å². The molecule has 0 saturated carbocycles. The van der Waals surface area contributed by atoms with E-state index in [-0.39, 0.29) is 12.5 Å². The number of para-hydroxylation sites is 1. The van der Waals surface area contributed by atoms with Gasteiger partial charge in [-0.25, -0.2) is 4.99 Å². The van der Waals surface area contributed by atoms with Gasteiger partial charge in [0.25, 0.3) is 5.91 Å². The summed E-state index contributed by atoms with van der Waals surface area (Å²) in [5.41, 5.74) is 1.97. The van der Waals surface area contributed by atoms with Gasteiger partial charge in [0.2, 0.25) is 0 Å². The number of carbonyl (C=O) groups is 1. The fourth-order valence-electron chi connectivity index (χ4n) is 2.27. The van der Waals surface area contributed by atoms with E-state index in [2.05, 4.69) is 4.99 Å². The van der Waals surface area contributed by atoms with E-state index in [9.17, 15) is 4.79 Å². The standard InChI is InChI=1S/C18H17ClN2O2S/c1-13-4-2-3-5-16(13)20-18-21(10-11-24-18)17(22)12-23-15-8-6-14(19)7-9-15/h2-9H,10-12H2,1H3. The molecular formula is C18H17ClN2O2S. The molecule has 1 amide bonds. The Morgan fingerprint density at radius 2 is 2.00 bits per heavy atom. The molecule has 1 aliphatic heterocycles.